The molecule has 2 amide bonds. The zero-order chi connectivity index (χ0) is 23.1. The summed E-state index contributed by atoms with van der Waals surface area (Å²) in [6.07, 6.45) is 2.34. The van der Waals surface area contributed by atoms with Crippen molar-refractivity contribution in [2.75, 3.05) is 33.2 Å². The summed E-state index contributed by atoms with van der Waals surface area (Å²) in [7, 11) is 4.12. The summed E-state index contributed by atoms with van der Waals surface area (Å²) in [6.45, 7) is 3.11. The summed E-state index contributed by atoms with van der Waals surface area (Å²) in [5.41, 5.74) is 2.07. The van der Waals surface area contributed by atoms with Gasteiger partial charge in [-0.1, -0.05) is 12.1 Å². The van der Waals surface area contributed by atoms with Gasteiger partial charge in [0.2, 0.25) is 11.8 Å². The number of hydrogen-bond donors (Lipinski definition) is 2. The van der Waals surface area contributed by atoms with Crippen molar-refractivity contribution in [3.8, 4) is 0 Å². The van der Waals surface area contributed by atoms with E-state index in [-0.39, 0.29) is 29.9 Å². The molecule has 4 heterocycles. The highest BCUT2D eigenvalue weighted by Gasteiger charge is 2.45. The van der Waals surface area contributed by atoms with E-state index in [0.717, 1.165) is 29.8 Å². The monoisotopic (exact) mass is 454 g/mol. The molecule has 5 rings (SSSR count). The number of β-amino-alcohol motifs (C(OH)–C–C–N with tert-alkyl or cyclic N) is 1. The fourth-order valence-corrected chi connectivity index (χ4v) is 5.76. The van der Waals surface area contributed by atoms with Gasteiger partial charge in [-0.15, -0.1) is 0 Å². The van der Waals surface area contributed by atoms with Gasteiger partial charge in [-0.05, 0) is 38.4 Å². The molecule has 3 saturated heterocycles. The highest BCUT2D eigenvalue weighted by atomic mass is 16.3. The minimum Gasteiger partial charge on any atom is -0.391 e. The molecule has 0 radical (unpaired) electrons. The summed E-state index contributed by atoms with van der Waals surface area (Å²) in [5.74, 6) is 1.13. The van der Waals surface area contributed by atoms with E-state index in [1.54, 1.807) is 4.90 Å². The fraction of sp³-hybridized carbons (Fsp3) is 0.625. The molecule has 0 spiro atoms. The topological polar surface area (TPSA) is 93.9 Å². The van der Waals surface area contributed by atoms with Crippen LogP contribution in [0.3, 0.4) is 0 Å². The third kappa shape index (κ3) is 4.25. The first-order valence-corrected chi connectivity index (χ1v) is 12.0. The van der Waals surface area contributed by atoms with E-state index in [1.165, 1.54) is 0 Å². The number of carbonyl (C=O) groups excluding carboxylic acids is 2. The summed E-state index contributed by atoms with van der Waals surface area (Å²) in [5, 5.41) is 12.8. The minimum absolute atomic E-state index is 0.0691. The Balaban J connectivity index is 1.25. The Morgan fingerprint density at radius 3 is 2.79 bits per heavy atom. The maximum atomic E-state index is 13.1. The van der Waals surface area contributed by atoms with Crippen molar-refractivity contribution in [1.29, 1.82) is 0 Å². The summed E-state index contributed by atoms with van der Waals surface area (Å²) in [6, 6.07) is 8.13. The van der Waals surface area contributed by atoms with E-state index in [4.69, 9.17) is 4.98 Å². The average molecular weight is 455 g/mol. The van der Waals surface area contributed by atoms with Crippen LogP contribution in [0.15, 0.2) is 24.3 Å². The number of aliphatic hydroxyl groups excluding tert-OH is 1. The van der Waals surface area contributed by atoms with Crippen LogP contribution in [0.25, 0.3) is 11.0 Å². The maximum Gasteiger partial charge on any atom is 0.239 e. The molecular formula is C24H34N6O3. The lowest BCUT2D eigenvalue weighted by molar-refractivity contribution is -0.131. The number of carbonyl (C=O) groups is 2. The smallest absolute Gasteiger partial charge is 0.239 e. The summed E-state index contributed by atoms with van der Waals surface area (Å²) in [4.78, 5) is 36.8. The molecule has 0 saturated carbocycles. The van der Waals surface area contributed by atoms with Gasteiger partial charge in [-0.25, -0.2) is 4.98 Å². The SMILES string of the molecule is CN1[C@@H](CCC(=O)N2CC[C@@H](O)C2)CNC(=O)[C@@H]2[C@@H]1CCN2Cc1nc2ccccc2n1C. The number of likely N-dealkylation sites (tertiary alicyclic amines) is 2. The Bertz CT molecular complexity index is 1040. The zero-order valence-corrected chi connectivity index (χ0v) is 19.5. The van der Waals surface area contributed by atoms with Crippen LogP contribution in [0.4, 0.5) is 0 Å². The number of fused-ring (bicyclic) bond motifs is 2. The number of aromatic nitrogens is 2. The molecule has 2 aromatic rings. The van der Waals surface area contributed by atoms with Crippen molar-refractivity contribution in [3.05, 3.63) is 30.1 Å². The molecule has 1 aromatic carbocycles. The quantitative estimate of drug-likeness (QED) is 0.676. The molecule has 3 fully saturated rings. The number of amides is 2. The molecule has 3 aliphatic rings. The van der Waals surface area contributed by atoms with Crippen LogP contribution in [0, 0.1) is 0 Å². The number of benzene rings is 1. The van der Waals surface area contributed by atoms with Crippen LogP contribution in [0.2, 0.25) is 0 Å². The Morgan fingerprint density at radius 1 is 1.21 bits per heavy atom. The number of aryl methyl sites for hydroxylation is 1. The van der Waals surface area contributed by atoms with E-state index < -0.39 is 6.10 Å². The van der Waals surface area contributed by atoms with Crippen molar-refractivity contribution in [2.24, 2.45) is 7.05 Å². The Morgan fingerprint density at radius 2 is 2.03 bits per heavy atom. The molecule has 0 unspecified atom stereocenters. The largest absolute Gasteiger partial charge is 0.391 e. The van der Waals surface area contributed by atoms with Gasteiger partial charge < -0.3 is 19.9 Å². The number of nitrogens with zero attached hydrogens (tertiary/aromatic N) is 5. The summed E-state index contributed by atoms with van der Waals surface area (Å²) >= 11 is 0. The van der Waals surface area contributed by atoms with Gasteiger partial charge in [-0.2, -0.15) is 0 Å². The van der Waals surface area contributed by atoms with Gasteiger partial charge in [0.25, 0.3) is 0 Å². The molecule has 33 heavy (non-hydrogen) atoms. The molecule has 9 heteroatoms. The van der Waals surface area contributed by atoms with Gasteiger partial charge in [0.05, 0.1) is 23.7 Å². The van der Waals surface area contributed by atoms with E-state index in [2.05, 4.69) is 32.8 Å². The van der Waals surface area contributed by atoms with Gasteiger partial charge in [0.1, 0.15) is 11.9 Å². The molecule has 178 valence electrons. The Labute approximate surface area is 194 Å². The number of hydrogen-bond acceptors (Lipinski definition) is 6. The highest BCUT2D eigenvalue weighted by molar-refractivity contribution is 5.83. The van der Waals surface area contributed by atoms with Crippen LogP contribution in [0.1, 0.15) is 31.5 Å². The third-order valence-electron chi connectivity index (χ3n) is 7.78. The third-order valence-corrected chi connectivity index (χ3v) is 7.78. The lowest BCUT2D eigenvalue weighted by Gasteiger charge is -2.33. The first-order valence-electron chi connectivity index (χ1n) is 12.0. The second-order valence-corrected chi connectivity index (χ2v) is 9.73. The predicted octanol–water partition coefficient (Wildman–Crippen LogP) is 0.320. The minimum atomic E-state index is -0.393. The van der Waals surface area contributed by atoms with E-state index in [9.17, 15) is 14.7 Å². The molecular weight excluding hydrogens is 420 g/mol. The Hall–Kier alpha value is -2.49. The zero-order valence-electron chi connectivity index (χ0n) is 19.5. The van der Waals surface area contributed by atoms with Crippen molar-refractivity contribution in [3.63, 3.8) is 0 Å². The maximum absolute atomic E-state index is 13.1. The van der Waals surface area contributed by atoms with Crippen molar-refractivity contribution < 1.29 is 14.7 Å². The standard InChI is InChI=1S/C24H34N6O3/c1-27-16(7-8-22(32)29-11-9-17(31)14-29)13-25-24(33)23-20(27)10-12-30(23)15-21-26-18-5-3-4-6-19(18)28(21)2/h3-6,16-17,20,23,31H,7-15H2,1-2H3,(H,25,33)/t16-,17+,20-,23-/m0/s1. The number of nitrogens with one attached hydrogen (secondary N) is 1. The first-order chi connectivity index (χ1) is 15.9. The molecule has 3 aliphatic heterocycles. The normalized spacial score (nSPS) is 28.8. The second kappa shape index (κ2) is 9.04. The van der Waals surface area contributed by atoms with Crippen molar-refractivity contribution in [1.82, 2.24) is 29.6 Å². The van der Waals surface area contributed by atoms with Crippen LogP contribution in [-0.4, -0.2) is 98.6 Å². The summed E-state index contributed by atoms with van der Waals surface area (Å²) < 4.78 is 2.12. The van der Waals surface area contributed by atoms with Crippen LogP contribution < -0.4 is 5.32 Å². The van der Waals surface area contributed by atoms with Crippen LogP contribution in [-0.2, 0) is 23.2 Å². The molecule has 0 aliphatic carbocycles. The van der Waals surface area contributed by atoms with E-state index >= 15 is 0 Å². The van der Waals surface area contributed by atoms with E-state index in [0.29, 0.717) is 45.4 Å². The molecule has 1 aromatic heterocycles. The lowest BCUT2D eigenvalue weighted by Crippen LogP contribution is -2.49. The number of para-hydroxylation sites is 2. The molecule has 2 N–H and O–H groups in total. The molecule has 0 bridgehead atoms. The number of likely N-dealkylation sites (N-methyl/N-ethyl adjacent to an activating group) is 1. The van der Waals surface area contributed by atoms with Crippen molar-refractivity contribution in [2.45, 2.75) is 56.5 Å². The van der Waals surface area contributed by atoms with Gasteiger partial charge in [0, 0.05) is 51.7 Å². The molecule has 4 atom stereocenters. The van der Waals surface area contributed by atoms with Crippen LogP contribution in [0.5, 0.6) is 0 Å². The highest BCUT2D eigenvalue weighted by Crippen LogP contribution is 2.29. The van der Waals surface area contributed by atoms with Gasteiger partial charge in [0.15, 0.2) is 0 Å². The van der Waals surface area contributed by atoms with E-state index in [1.807, 2.05) is 25.2 Å². The van der Waals surface area contributed by atoms with Crippen LogP contribution >= 0.6 is 0 Å². The predicted molar refractivity (Wildman–Crippen MR) is 124 cm³/mol. The van der Waals surface area contributed by atoms with Crippen molar-refractivity contribution >= 4 is 22.8 Å². The van der Waals surface area contributed by atoms with Gasteiger partial charge >= 0.3 is 0 Å². The molecule has 9 nitrogen and oxygen atoms in total. The number of rotatable bonds is 5. The Kier molecular flexibility index (Phi) is 6.11. The number of aliphatic hydroxyl groups is 1. The lowest BCUT2D eigenvalue weighted by atomic mass is 10.0. The average Bonchev–Trinajstić information content (AvgIpc) is 3.49. The number of imidazole rings is 1. The first kappa shape index (κ1) is 22.3. The second-order valence-electron chi connectivity index (χ2n) is 9.73. The van der Waals surface area contributed by atoms with Gasteiger partial charge in [-0.3, -0.25) is 19.4 Å². The fourth-order valence-electron chi connectivity index (χ4n) is 5.76.